The van der Waals surface area contributed by atoms with Gasteiger partial charge in [0.25, 0.3) is 0 Å². The Balaban J connectivity index is 1.34. The van der Waals surface area contributed by atoms with E-state index in [0.717, 1.165) is 42.1 Å². The van der Waals surface area contributed by atoms with Crippen molar-refractivity contribution in [3.05, 3.63) is 23.8 Å². The van der Waals surface area contributed by atoms with Crippen molar-refractivity contribution in [1.29, 1.82) is 0 Å². The van der Waals surface area contributed by atoms with Gasteiger partial charge in [-0.05, 0) is 88.4 Å². The van der Waals surface area contributed by atoms with Crippen LogP contribution in [-0.2, 0) is 14.8 Å². The van der Waals surface area contributed by atoms with Gasteiger partial charge in [-0.2, -0.15) is 4.31 Å². The summed E-state index contributed by atoms with van der Waals surface area (Å²) in [6.45, 7) is 2.82. The Morgan fingerprint density at radius 3 is 2.60 bits per heavy atom. The highest BCUT2D eigenvalue weighted by molar-refractivity contribution is 7.89. The molecular formula is C25H36F2N2O5S. The number of benzene rings is 1. The van der Waals surface area contributed by atoms with E-state index < -0.39 is 28.0 Å². The molecule has 0 radical (unpaired) electrons. The van der Waals surface area contributed by atoms with Crippen LogP contribution in [0.2, 0.25) is 0 Å². The van der Waals surface area contributed by atoms with Crippen molar-refractivity contribution in [3.63, 3.8) is 0 Å². The van der Waals surface area contributed by atoms with E-state index in [1.54, 1.807) is 12.1 Å². The monoisotopic (exact) mass is 514 g/mol. The number of nitrogens with one attached hydrogen (secondary N) is 1. The first-order chi connectivity index (χ1) is 16.6. The van der Waals surface area contributed by atoms with Crippen LogP contribution in [0.1, 0.15) is 69.8 Å². The molecule has 1 aromatic carbocycles. The van der Waals surface area contributed by atoms with E-state index in [1.807, 2.05) is 6.92 Å². The first-order valence-corrected chi connectivity index (χ1v) is 14.1. The van der Waals surface area contributed by atoms with E-state index >= 15 is 0 Å². The average Bonchev–Trinajstić information content (AvgIpc) is 3.29. The molecule has 0 aromatic heterocycles. The number of hydrogen-bond donors (Lipinski definition) is 2. The third-order valence-electron chi connectivity index (χ3n) is 7.70. The van der Waals surface area contributed by atoms with Crippen LogP contribution in [0.15, 0.2) is 23.1 Å². The van der Waals surface area contributed by atoms with Crippen molar-refractivity contribution in [2.75, 3.05) is 13.1 Å². The van der Waals surface area contributed by atoms with Gasteiger partial charge in [0, 0.05) is 25.4 Å². The van der Waals surface area contributed by atoms with E-state index in [9.17, 15) is 27.1 Å². The van der Waals surface area contributed by atoms with Crippen LogP contribution in [0, 0.1) is 12.8 Å². The summed E-state index contributed by atoms with van der Waals surface area (Å²) in [5.41, 5.74) is 0.869. The van der Waals surface area contributed by atoms with Crippen LogP contribution in [0.25, 0.3) is 0 Å². The number of alkyl halides is 2. The predicted molar refractivity (Wildman–Crippen MR) is 127 cm³/mol. The molecule has 3 fully saturated rings. The molecule has 2 N–H and O–H groups in total. The summed E-state index contributed by atoms with van der Waals surface area (Å²) in [5.74, 6) is -3.05. The molecule has 35 heavy (non-hydrogen) atoms. The Bertz CT molecular complexity index is 1010. The van der Waals surface area contributed by atoms with Crippen LogP contribution >= 0.6 is 0 Å². The normalized spacial score (nSPS) is 27.5. The lowest BCUT2D eigenvalue weighted by Gasteiger charge is -2.37. The van der Waals surface area contributed by atoms with E-state index in [4.69, 9.17) is 4.74 Å². The summed E-state index contributed by atoms with van der Waals surface area (Å²) < 4.78 is 60.7. The number of nitrogens with zero attached hydrogens (tertiary/aromatic N) is 1. The molecular weight excluding hydrogens is 478 g/mol. The fourth-order valence-electron chi connectivity index (χ4n) is 5.42. The largest absolute Gasteiger partial charge is 0.489 e. The summed E-state index contributed by atoms with van der Waals surface area (Å²) >= 11 is 0. The summed E-state index contributed by atoms with van der Waals surface area (Å²) in [7, 11) is -4.01. The Morgan fingerprint density at radius 2 is 1.94 bits per heavy atom. The van der Waals surface area contributed by atoms with E-state index in [1.165, 1.54) is 6.07 Å². The lowest BCUT2D eigenvalue weighted by atomic mass is 9.78. The molecule has 1 heterocycles. The smallest absolute Gasteiger partial charge is 0.322 e. The van der Waals surface area contributed by atoms with Gasteiger partial charge in [0.15, 0.2) is 0 Å². The third kappa shape index (κ3) is 6.14. The van der Waals surface area contributed by atoms with Crippen LogP contribution < -0.4 is 10.1 Å². The van der Waals surface area contributed by atoms with E-state index in [-0.39, 0.29) is 42.2 Å². The molecule has 2 saturated carbocycles. The lowest BCUT2D eigenvalue weighted by molar-refractivity contribution is -0.140. The Morgan fingerprint density at radius 1 is 1.20 bits per heavy atom. The van der Waals surface area contributed by atoms with Gasteiger partial charge in [-0.1, -0.05) is 6.07 Å². The second-order valence-corrected chi connectivity index (χ2v) is 12.1. The molecule has 1 aliphatic heterocycles. The average molecular weight is 515 g/mol. The van der Waals surface area contributed by atoms with Gasteiger partial charge in [0.05, 0.1) is 0 Å². The molecule has 2 aliphatic carbocycles. The number of ether oxygens (including phenoxy) is 1. The fraction of sp³-hybridized carbons (Fsp3) is 0.720. The summed E-state index contributed by atoms with van der Waals surface area (Å²) in [5, 5.41) is 12.9. The zero-order chi connectivity index (χ0) is 25.2. The minimum Gasteiger partial charge on any atom is -0.489 e. The maximum absolute atomic E-state index is 13.4. The van der Waals surface area contributed by atoms with E-state index in [2.05, 4.69) is 5.32 Å². The maximum Gasteiger partial charge on any atom is 0.322 e. The molecule has 3 atom stereocenters. The zero-order valence-corrected chi connectivity index (χ0v) is 21.0. The fourth-order valence-corrected chi connectivity index (χ4v) is 7.18. The van der Waals surface area contributed by atoms with Crippen LogP contribution in [0.5, 0.6) is 5.75 Å². The minimum absolute atomic E-state index is 0.0256. The first kappa shape index (κ1) is 26.3. The second-order valence-electron chi connectivity index (χ2n) is 10.3. The first-order valence-electron chi connectivity index (χ1n) is 12.7. The molecule has 4 rings (SSSR count). The maximum atomic E-state index is 13.4. The van der Waals surface area contributed by atoms with Gasteiger partial charge in [0.2, 0.25) is 15.9 Å². The SMILES string of the molecule is Cc1ccc(S(=O)(=O)N2CCC[C@H]2C(=O)O)c(O[C@@H]2CC[C@@H]2CCCNC2CCC(F)(F)CC2)c1. The van der Waals surface area contributed by atoms with E-state index in [0.29, 0.717) is 31.6 Å². The summed E-state index contributed by atoms with van der Waals surface area (Å²) in [4.78, 5) is 11.6. The van der Waals surface area contributed by atoms with Crippen LogP contribution in [0.3, 0.4) is 0 Å². The van der Waals surface area contributed by atoms with Crippen LogP contribution in [0.4, 0.5) is 8.78 Å². The molecule has 0 unspecified atom stereocenters. The Labute approximate surface area is 206 Å². The van der Waals surface area contributed by atoms with Crippen molar-refractivity contribution >= 4 is 16.0 Å². The molecule has 0 amide bonds. The topological polar surface area (TPSA) is 95.9 Å². The number of carboxylic acid groups (broad SMARTS) is 1. The molecule has 3 aliphatic rings. The highest BCUT2D eigenvalue weighted by Gasteiger charge is 2.41. The Kier molecular flexibility index (Phi) is 8.02. The standard InChI is InChI=1S/C25H36F2N2O5S/c1-17-6-9-23(35(32,33)29-15-3-5-20(29)24(30)31)22(16-17)34-21-8-7-18(21)4-2-14-28-19-10-12-25(26,27)13-11-19/h6,9,16,18-21,28H,2-5,7-8,10-15H2,1H3,(H,30,31)/t18-,20-,21+/m0/s1. The molecule has 1 saturated heterocycles. The van der Waals surface area contributed by atoms with Crippen molar-refractivity contribution in [2.24, 2.45) is 5.92 Å². The van der Waals surface area contributed by atoms with Gasteiger partial charge in [0.1, 0.15) is 22.8 Å². The van der Waals surface area contributed by atoms with Crippen molar-refractivity contribution in [2.45, 2.75) is 100 Å². The third-order valence-corrected chi connectivity index (χ3v) is 9.65. The highest BCUT2D eigenvalue weighted by Crippen LogP contribution is 2.39. The molecule has 0 bridgehead atoms. The van der Waals surface area contributed by atoms with Gasteiger partial charge < -0.3 is 15.2 Å². The van der Waals surface area contributed by atoms with Gasteiger partial charge >= 0.3 is 5.97 Å². The quantitative estimate of drug-likeness (QED) is 0.451. The minimum atomic E-state index is -4.01. The Hall–Kier alpha value is -1.78. The molecule has 10 heteroatoms. The predicted octanol–water partition coefficient (Wildman–Crippen LogP) is 4.34. The number of carbonyl (C=O) groups is 1. The second kappa shape index (κ2) is 10.7. The summed E-state index contributed by atoms with van der Waals surface area (Å²) in [6, 6.07) is 4.05. The van der Waals surface area contributed by atoms with Gasteiger partial charge in [-0.25, -0.2) is 17.2 Å². The summed E-state index contributed by atoms with van der Waals surface area (Å²) in [6.07, 6.45) is 5.31. The van der Waals surface area contributed by atoms with Crippen molar-refractivity contribution < 1.29 is 31.8 Å². The lowest BCUT2D eigenvalue weighted by Crippen LogP contribution is -2.41. The van der Waals surface area contributed by atoms with Crippen molar-refractivity contribution in [3.8, 4) is 5.75 Å². The van der Waals surface area contributed by atoms with Gasteiger partial charge in [-0.15, -0.1) is 0 Å². The molecule has 0 spiro atoms. The molecule has 7 nitrogen and oxygen atoms in total. The van der Waals surface area contributed by atoms with Crippen molar-refractivity contribution in [1.82, 2.24) is 9.62 Å². The highest BCUT2D eigenvalue weighted by atomic mass is 32.2. The number of hydrogen-bond acceptors (Lipinski definition) is 5. The number of rotatable bonds is 10. The molecule has 196 valence electrons. The number of sulfonamides is 1. The molecule has 1 aromatic rings. The number of halogens is 2. The van der Waals surface area contributed by atoms with Gasteiger partial charge in [-0.3, -0.25) is 4.79 Å². The van der Waals surface area contributed by atoms with Crippen LogP contribution in [-0.4, -0.2) is 61.0 Å². The number of aliphatic carboxylic acids is 1. The number of aryl methyl sites for hydroxylation is 1. The zero-order valence-electron chi connectivity index (χ0n) is 20.2. The number of carboxylic acids is 1.